The number of amides is 1. The van der Waals surface area contributed by atoms with Gasteiger partial charge in [0.25, 0.3) is 5.91 Å². The molecule has 31 heavy (non-hydrogen) atoms. The lowest BCUT2D eigenvalue weighted by atomic mass is 10.1. The molecule has 2 heterocycles. The Morgan fingerprint density at radius 2 is 1.94 bits per heavy atom. The highest BCUT2D eigenvalue weighted by Crippen LogP contribution is 2.28. The SMILES string of the molecule is COc1ccc(CC(=O)N=c2sc3ccccc3n2C)cc1S(=O)(=O)N1CCOCC1. The highest BCUT2D eigenvalue weighted by molar-refractivity contribution is 7.89. The molecule has 164 valence electrons. The van der Waals surface area contributed by atoms with Crippen molar-refractivity contribution in [3.05, 3.63) is 52.8 Å². The lowest BCUT2D eigenvalue weighted by molar-refractivity contribution is -0.117. The van der Waals surface area contributed by atoms with Crippen LogP contribution in [-0.4, -0.2) is 56.6 Å². The van der Waals surface area contributed by atoms with E-state index >= 15 is 0 Å². The Morgan fingerprint density at radius 3 is 2.65 bits per heavy atom. The second-order valence-electron chi connectivity index (χ2n) is 7.10. The van der Waals surface area contributed by atoms with Gasteiger partial charge in [-0.25, -0.2) is 8.42 Å². The van der Waals surface area contributed by atoms with Crippen LogP contribution in [0.2, 0.25) is 0 Å². The maximum atomic E-state index is 13.1. The third kappa shape index (κ3) is 4.42. The summed E-state index contributed by atoms with van der Waals surface area (Å²) in [6.07, 6.45) is -0.0100. The minimum absolute atomic E-state index is 0.0100. The minimum Gasteiger partial charge on any atom is -0.495 e. The number of morpholine rings is 1. The van der Waals surface area contributed by atoms with Crippen molar-refractivity contribution >= 4 is 37.5 Å². The number of aryl methyl sites for hydroxylation is 1. The zero-order chi connectivity index (χ0) is 22.0. The van der Waals surface area contributed by atoms with E-state index in [1.54, 1.807) is 12.1 Å². The smallest absolute Gasteiger partial charge is 0.252 e. The molecule has 8 nitrogen and oxygen atoms in total. The van der Waals surface area contributed by atoms with E-state index in [2.05, 4.69) is 4.99 Å². The summed E-state index contributed by atoms with van der Waals surface area (Å²) in [7, 11) is -0.469. The minimum atomic E-state index is -3.76. The molecule has 0 bridgehead atoms. The standard InChI is InChI=1S/C21H23N3O5S2/c1-23-16-5-3-4-6-18(16)30-21(23)22-20(25)14-15-7-8-17(28-2)19(13-15)31(26,27)24-9-11-29-12-10-24/h3-8,13H,9-12,14H2,1-2H3. The van der Waals surface area contributed by atoms with Gasteiger partial charge in [-0.1, -0.05) is 29.5 Å². The first-order chi connectivity index (χ1) is 14.9. The summed E-state index contributed by atoms with van der Waals surface area (Å²) in [5, 5.41) is 0. The molecule has 0 saturated carbocycles. The molecule has 0 atom stereocenters. The summed E-state index contributed by atoms with van der Waals surface area (Å²) in [6.45, 7) is 1.27. The Bertz CT molecular complexity index is 1290. The van der Waals surface area contributed by atoms with E-state index in [9.17, 15) is 13.2 Å². The monoisotopic (exact) mass is 461 g/mol. The van der Waals surface area contributed by atoms with Gasteiger partial charge in [0, 0.05) is 20.1 Å². The van der Waals surface area contributed by atoms with Gasteiger partial charge >= 0.3 is 0 Å². The molecule has 1 aliphatic rings. The number of fused-ring (bicyclic) bond motifs is 1. The number of carbonyl (C=O) groups excluding carboxylic acids is 1. The number of nitrogens with zero attached hydrogens (tertiary/aromatic N) is 3. The normalized spacial score (nSPS) is 16.0. The van der Waals surface area contributed by atoms with E-state index in [0.29, 0.717) is 23.6 Å². The second-order valence-corrected chi connectivity index (χ2v) is 10.0. The Labute approximate surface area is 184 Å². The van der Waals surface area contributed by atoms with Gasteiger partial charge in [0.2, 0.25) is 10.0 Å². The van der Waals surface area contributed by atoms with Crippen molar-refractivity contribution in [2.75, 3.05) is 33.4 Å². The van der Waals surface area contributed by atoms with E-state index in [1.165, 1.54) is 28.8 Å². The number of carbonyl (C=O) groups is 1. The van der Waals surface area contributed by atoms with Gasteiger partial charge in [-0.15, -0.1) is 0 Å². The fourth-order valence-corrected chi connectivity index (χ4v) is 6.12. The number of hydrogen-bond acceptors (Lipinski definition) is 6. The number of thiazole rings is 1. The molecule has 1 aromatic heterocycles. The molecule has 1 saturated heterocycles. The van der Waals surface area contributed by atoms with E-state index in [-0.39, 0.29) is 36.1 Å². The molecule has 0 aliphatic carbocycles. The summed E-state index contributed by atoms with van der Waals surface area (Å²) in [5.41, 5.74) is 1.56. The number of rotatable bonds is 5. The van der Waals surface area contributed by atoms with Crippen molar-refractivity contribution in [1.29, 1.82) is 0 Å². The summed E-state index contributed by atoms with van der Waals surface area (Å²) in [5.74, 6) is -0.0995. The van der Waals surface area contributed by atoms with E-state index in [1.807, 2.05) is 35.9 Å². The molecule has 1 aliphatic heterocycles. The average Bonchev–Trinajstić information content (AvgIpc) is 3.09. The van der Waals surface area contributed by atoms with E-state index in [0.717, 1.165) is 10.2 Å². The third-order valence-corrected chi connectivity index (χ3v) is 8.14. The van der Waals surface area contributed by atoms with Crippen molar-refractivity contribution < 1.29 is 22.7 Å². The quantitative estimate of drug-likeness (QED) is 0.579. The van der Waals surface area contributed by atoms with Gasteiger partial charge in [0.05, 0.1) is 37.0 Å². The van der Waals surface area contributed by atoms with Crippen LogP contribution in [0.15, 0.2) is 52.4 Å². The van der Waals surface area contributed by atoms with Crippen LogP contribution in [0.5, 0.6) is 5.75 Å². The first-order valence-electron chi connectivity index (χ1n) is 9.77. The van der Waals surface area contributed by atoms with Crippen molar-refractivity contribution in [2.24, 2.45) is 12.0 Å². The number of hydrogen-bond donors (Lipinski definition) is 0. The molecular formula is C21H23N3O5S2. The molecule has 1 fully saturated rings. The summed E-state index contributed by atoms with van der Waals surface area (Å²) < 4.78 is 41.1. The largest absolute Gasteiger partial charge is 0.495 e. The fourth-order valence-electron chi connectivity index (χ4n) is 3.47. The van der Waals surface area contributed by atoms with Crippen LogP contribution >= 0.6 is 11.3 Å². The number of benzene rings is 2. The Hall–Kier alpha value is -2.53. The molecule has 4 rings (SSSR count). The van der Waals surface area contributed by atoms with Crippen LogP contribution in [0, 0.1) is 0 Å². The lowest BCUT2D eigenvalue weighted by Crippen LogP contribution is -2.40. The van der Waals surface area contributed by atoms with E-state index < -0.39 is 10.0 Å². The summed E-state index contributed by atoms with van der Waals surface area (Å²) in [6, 6.07) is 12.6. The van der Waals surface area contributed by atoms with Crippen LogP contribution in [0.3, 0.4) is 0 Å². The zero-order valence-electron chi connectivity index (χ0n) is 17.3. The van der Waals surface area contributed by atoms with Crippen LogP contribution < -0.4 is 9.54 Å². The van der Waals surface area contributed by atoms with Gasteiger partial charge in [-0.3, -0.25) is 4.79 Å². The number of sulfonamides is 1. The molecule has 3 aromatic rings. The Balaban J connectivity index is 1.63. The first-order valence-corrected chi connectivity index (χ1v) is 12.0. The molecule has 1 amide bonds. The van der Waals surface area contributed by atoms with Crippen molar-refractivity contribution in [1.82, 2.24) is 8.87 Å². The molecule has 2 aromatic carbocycles. The predicted molar refractivity (Wildman–Crippen MR) is 118 cm³/mol. The van der Waals surface area contributed by atoms with E-state index in [4.69, 9.17) is 9.47 Å². The average molecular weight is 462 g/mol. The first kappa shape index (κ1) is 21.7. The molecule has 0 radical (unpaired) electrons. The number of aromatic nitrogens is 1. The van der Waals surface area contributed by atoms with Crippen LogP contribution in [0.4, 0.5) is 0 Å². The van der Waals surface area contributed by atoms with Crippen molar-refractivity contribution in [2.45, 2.75) is 11.3 Å². The summed E-state index contributed by atoms with van der Waals surface area (Å²) in [4.78, 5) is 17.5. The Kier molecular flexibility index (Phi) is 6.24. The highest BCUT2D eigenvalue weighted by Gasteiger charge is 2.29. The van der Waals surface area contributed by atoms with Crippen molar-refractivity contribution in [3.8, 4) is 5.75 Å². The van der Waals surface area contributed by atoms with Crippen LogP contribution in [-0.2, 0) is 33.0 Å². The lowest BCUT2D eigenvalue weighted by Gasteiger charge is -2.26. The topological polar surface area (TPSA) is 90.2 Å². The fraction of sp³-hybridized carbons (Fsp3) is 0.333. The maximum absolute atomic E-state index is 13.1. The molecule has 10 heteroatoms. The molecule has 0 unspecified atom stereocenters. The number of methoxy groups -OCH3 is 1. The van der Waals surface area contributed by atoms with Gasteiger partial charge < -0.3 is 14.0 Å². The summed E-state index contributed by atoms with van der Waals surface area (Å²) >= 11 is 1.44. The van der Waals surface area contributed by atoms with Gasteiger partial charge in [-0.2, -0.15) is 9.30 Å². The number of ether oxygens (including phenoxy) is 2. The van der Waals surface area contributed by atoms with Gasteiger partial charge in [0.15, 0.2) is 4.80 Å². The maximum Gasteiger partial charge on any atom is 0.252 e. The Morgan fingerprint density at radius 1 is 1.19 bits per heavy atom. The van der Waals surface area contributed by atoms with Crippen LogP contribution in [0.25, 0.3) is 10.2 Å². The molecule has 0 spiro atoms. The molecule has 0 N–H and O–H groups in total. The number of para-hydroxylation sites is 1. The zero-order valence-corrected chi connectivity index (χ0v) is 18.9. The molecular weight excluding hydrogens is 438 g/mol. The predicted octanol–water partition coefficient (Wildman–Crippen LogP) is 1.94. The van der Waals surface area contributed by atoms with Crippen molar-refractivity contribution in [3.63, 3.8) is 0 Å². The van der Waals surface area contributed by atoms with Gasteiger partial charge in [-0.05, 0) is 29.8 Å². The van der Waals surface area contributed by atoms with Gasteiger partial charge in [0.1, 0.15) is 10.6 Å². The highest BCUT2D eigenvalue weighted by atomic mass is 32.2. The van der Waals surface area contributed by atoms with Crippen LogP contribution in [0.1, 0.15) is 5.56 Å². The second kappa shape index (κ2) is 8.91. The third-order valence-electron chi connectivity index (χ3n) is 5.11.